The van der Waals surface area contributed by atoms with Crippen LogP contribution in [0.2, 0.25) is 0 Å². The highest BCUT2D eigenvalue weighted by Crippen LogP contribution is 2.31. The second-order valence-corrected chi connectivity index (χ2v) is 6.80. The Labute approximate surface area is 124 Å². The van der Waals surface area contributed by atoms with Crippen molar-refractivity contribution in [2.75, 3.05) is 33.7 Å². The summed E-state index contributed by atoms with van der Waals surface area (Å²) in [7, 11) is 4.17. The van der Waals surface area contributed by atoms with E-state index < -0.39 is 0 Å². The van der Waals surface area contributed by atoms with Crippen LogP contribution in [0.5, 0.6) is 0 Å². The molecule has 4 nitrogen and oxygen atoms in total. The van der Waals surface area contributed by atoms with Gasteiger partial charge in [-0.25, -0.2) is 0 Å². The lowest BCUT2D eigenvalue weighted by Gasteiger charge is -2.37. The SMILES string of the molecule is CCCC1(C(=O)NCC(C(C)C)N(C)C)CCCNC1. The van der Waals surface area contributed by atoms with Crippen molar-refractivity contribution in [3.63, 3.8) is 0 Å². The maximum Gasteiger partial charge on any atom is 0.227 e. The van der Waals surface area contributed by atoms with Crippen molar-refractivity contribution in [2.45, 2.75) is 52.5 Å². The molecule has 2 atom stereocenters. The summed E-state index contributed by atoms with van der Waals surface area (Å²) in [5.41, 5.74) is -0.180. The highest BCUT2D eigenvalue weighted by Gasteiger charge is 2.38. The first kappa shape index (κ1) is 17.4. The quantitative estimate of drug-likeness (QED) is 0.749. The number of piperidine rings is 1. The molecule has 0 aromatic carbocycles. The molecular formula is C16H33N3O. The van der Waals surface area contributed by atoms with Gasteiger partial charge in [-0.3, -0.25) is 4.79 Å². The Kier molecular flexibility index (Phi) is 6.96. The minimum atomic E-state index is -0.180. The molecule has 0 aromatic rings. The van der Waals surface area contributed by atoms with Crippen LogP contribution in [0, 0.1) is 11.3 Å². The summed E-state index contributed by atoms with van der Waals surface area (Å²) >= 11 is 0. The van der Waals surface area contributed by atoms with Gasteiger partial charge in [-0.05, 0) is 45.8 Å². The van der Waals surface area contributed by atoms with Crippen LogP contribution < -0.4 is 10.6 Å². The Morgan fingerprint density at radius 3 is 2.55 bits per heavy atom. The zero-order chi connectivity index (χ0) is 15.2. The van der Waals surface area contributed by atoms with E-state index in [9.17, 15) is 4.79 Å². The number of carbonyl (C=O) groups is 1. The predicted octanol–water partition coefficient (Wildman–Crippen LogP) is 1.86. The Morgan fingerprint density at radius 2 is 2.10 bits per heavy atom. The molecule has 1 fully saturated rings. The summed E-state index contributed by atoms with van der Waals surface area (Å²) in [6.45, 7) is 9.21. The van der Waals surface area contributed by atoms with Gasteiger partial charge in [0.05, 0.1) is 5.41 Å². The third kappa shape index (κ3) is 4.45. The Balaban J connectivity index is 2.62. The van der Waals surface area contributed by atoms with E-state index in [2.05, 4.69) is 50.4 Å². The van der Waals surface area contributed by atoms with E-state index in [0.717, 1.165) is 45.3 Å². The number of nitrogens with zero attached hydrogens (tertiary/aromatic N) is 1. The standard InChI is InChI=1S/C16H33N3O/c1-6-8-16(9-7-10-17-12-16)15(20)18-11-14(13(2)3)19(4)5/h13-14,17H,6-12H2,1-5H3,(H,18,20). The highest BCUT2D eigenvalue weighted by molar-refractivity contribution is 5.83. The molecule has 1 amide bonds. The molecular weight excluding hydrogens is 250 g/mol. The van der Waals surface area contributed by atoms with Crippen LogP contribution in [-0.4, -0.2) is 50.6 Å². The van der Waals surface area contributed by atoms with E-state index in [-0.39, 0.29) is 11.3 Å². The van der Waals surface area contributed by atoms with Gasteiger partial charge in [0.15, 0.2) is 0 Å². The van der Waals surface area contributed by atoms with E-state index >= 15 is 0 Å². The lowest BCUT2D eigenvalue weighted by atomic mass is 9.76. The topological polar surface area (TPSA) is 44.4 Å². The highest BCUT2D eigenvalue weighted by atomic mass is 16.2. The molecule has 1 aliphatic heterocycles. The average molecular weight is 283 g/mol. The van der Waals surface area contributed by atoms with Crippen molar-refractivity contribution in [2.24, 2.45) is 11.3 Å². The van der Waals surface area contributed by atoms with Gasteiger partial charge in [0.25, 0.3) is 0 Å². The minimum absolute atomic E-state index is 0.180. The summed E-state index contributed by atoms with van der Waals surface area (Å²) < 4.78 is 0. The zero-order valence-electron chi connectivity index (χ0n) is 14.0. The lowest BCUT2D eigenvalue weighted by Crippen LogP contribution is -2.53. The fourth-order valence-corrected chi connectivity index (χ4v) is 3.37. The molecule has 20 heavy (non-hydrogen) atoms. The van der Waals surface area contributed by atoms with Gasteiger partial charge in [0.2, 0.25) is 5.91 Å². The zero-order valence-corrected chi connectivity index (χ0v) is 14.0. The van der Waals surface area contributed by atoms with Gasteiger partial charge in [-0.15, -0.1) is 0 Å². The summed E-state index contributed by atoms with van der Waals surface area (Å²) in [4.78, 5) is 14.9. The molecule has 0 saturated carbocycles. The summed E-state index contributed by atoms with van der Waals surface area (Å²) in [6, 6.07) is 0.397. The van der Waals surface area contributed by atoms with Crippen molar-refractivity contribution >= 4 is 5.91 Å². The normalized spacial score (nSPS) is 24.9. The van der Waals surface area contributed by atoms with Gasteiger partial charge in [0.1, 0.15) is 0 Å². The first-order chi connectivity index (χ1) is 9.43. The Bertz CT molecular complexity index is 283. The fraction of sp³-hybridized carbons (Fsp3) is 0.938. The molecule has 1 heterocycles. The lowest BCUT2D eigenvalue weighted by molar-refractivity contribution is -0.132. The van der Waals surface area contributed by atoms with Crippen LogP contribution >= 0.6 is 0 Å². The van der Waals surface area contributed by atoms with Gasteiger partial charge in [-0.1, -0.05) is 27.2 Å². The molecule has 0 spiro atoms. The van der Waals surface area contributed by atoms with Crippen LogP contribution in [0.1, 0.15) is 46.5 Å². The van der Waals surface area contributed by atoms with Gasteiger partial charge < -0.3 is 15.5 Å². The van der Waals surface area contributed by atoms with Crippen molar-refractivity contribution < 1.29 is 4.79 Å². The second-order valence-electron chi connectivity index (χ2n) is 6.80. The monoisotopic (exact) mass is 283 g/mol. The maximum atomic E-state index is 12.7. The molecule has 0 radical (unpaired) electrons. The summed E-state index contributed by atoms with van der Waals surface area (Å²) in [6.07, 6.45) is 4.18. The molecule has 1 rings (SSSR count). The number of hydrogen-bond donors (Lipinski definition) is 2. The molecule has 2 N–H and O–H groups in total. The van der Waals surface area contributed by atoms with Gasteiger partial charge in [-0.2, -0.15) is 0 Å². The summed E-state index contributed by atoms with van der Waals surface area (Å²) in [5.74, 6) is 0.788. The van der Waals surface area contributed by atoms with E-state index in [4.69, 9.17) is 0 Å². The third-order valence-corrected chi connectivity index (χ3v) is 4.59. The van der Waals surface area contributed by atoms with Gasteiger partial charge >= 0.3 is 0 Å². The smallest absolute Gasteiger partial charge is 0.227 e. The van der Waals surface area contributed by atoms with Gasteiger partial charge in [0, 0.05) is 19.1 Å². The van der Waals surface area contributed by atoms with E-state index in [0.29, 0.717) is 12.0 Å². The molecule has 0 aliphatic carbocycles. The van der Waals surface area contributed by atoms with Crippen molar-refractivity contribution in [1.82, 2.24) is 15.5 Å². The molecule has 0 bridgehead atoms. The number of hydrogen-bond acceptors (Lipinski definition) is 3. The third-order valence-electron chi connectivity index (χ3n) is 4.59. The predicted molar refractivity (Wildman–Crippen MR) is 84.8 cm³/mol. The van der Waals surface area contributed by atoms with Crippen molar-refractivity contribution in [3.05, 3.63) is 0 Å². The van der Waals surface area contributed by atoms with Crippen molar-refractivity contribution in [1.29, 1.82) is 0 Å². The first-order valence-corrected chi connectivity index (χ1v) is 8.08. The number of rotatable bonds is 7. The van der Waals surface area contributed by atoms with E-state index in [1.165, 1.54) is 0 Å². The molecule has 118 valence electrons. The number of amides is 1. The largest absolute Gasteiger partial charge is 0.354 e. The van der Waals surface area contributed by atoms with Crippen LogP contribution in [0.3, 0.4) is 0 Å². The van der Waals surface area contributed by atoms with E-state index in [1.54, 1.807) is 0 Å². The fourth-order valence-electron chi connectivity index (χ4n) is 3.37. The van der Waals surface area contributed by atoms with E-state index in [1.807, 2.05) is 0 Å². The molecule has 0 aromatic heterocycles. The Hall–Kier alpha value is -0.610. The molecule has 2 unspecified atom stereocenters. The van der Waals surface area contributed by atoms with Crippen molar-refractivity contribution in [3.8, 4) is 0 Å². The first-order valence-electron chi connectivity index (χ1n) is 8.08. The molecule has 4 heteroatoms. The van der Waals surface area contributed by atoms with Crippen LogP contribution in [0.15, 0.2) is 0 Å². The maximum absolute atomic E-state index is 12.7. The molecule has 1 saturated heterocycles. The number of nitrogens with one attached hydrogen (secondary N) is 2. The van der Waals surface area contributed by atoms with Crippen LogP contribution in [-0.2, 0) is 4.79 Å². The minimum Gasteiger partial charge on any atom is -0.354 e. The molecule has 1 aliphatic rings. The summed E-state index contributed by atoms with van der Waals surface area (Å²) in [5, 5.41) is 6.62. The number of carbonyl (C=O) groups excluding carboxylic acids is 1. The Morgan fingerprint density at radius 1 is 1.40 bits per heavy atom. The van der Waals surface area contributed by atoms with Crippen LogP contribution in [0.4, 0.5) is 0 Å². The average Bonchev–Trinajstić information content (AvgIpc) is 2.39. The van der Waals surface area contributed by atoms with Crippen LogP contribution in [0.25, 0.3) is 0 Å². The second kappa shape index (κ2) is 7.99. The number of likely N-dealkylation sites (N-methyl/N-ethyl adjacent to an activating group) is 1.